The highest BCUT2D eigenvalue weighted by atomic mass is 35.5. The van der Waals surface area contributed by atoms with Crippen molar-refractivity contribution in [1.82, 2.24) is 4.57 Å². The summed E-state index contributed by atoms with van der Waals surface area (Å²) in [5, 5.41) is 2.44. The summed E-state index contributed by atoms with van der Waals surface area (Å²) in [5.74, 6) is -0.758. The van der Waals surface area contributed by atoms with Crippen LogP contribution in [0.25, 0.3) is 0 Å². The van der Waals surface area contributed by atoms with Crippen molar-refractivity contribution in [2.24, 2.45) is 0 Å². The van der Waals surface area contributed by atoms with Gasteiger partial charge in [0.2, 0.25) is 5.91 Å². The van der Waals surface area contributed by atoms with Crippen molar-refractivity contribution in [1.29, 1.82) is 0 Å². The zero-order valence-electron chi connectivity index (χ0n) is 11.9. The fourth-order valence-corrected chi connectivity index (χ4v) is 2.15. The molecule has 2 rings (SSSR count). The van der Waals surface area contributed by atoms with Crippen LogP contribution in [-0.2, 0) is 11.0 Å². The number of nitrogens with zero attached hydrogens (tertiary/aromatic N) is 1. The topological polar surface area (TPSA) is 51.1 Å². The van der Waals surface area contributed by atoms with Crippen LogP contribution in [0.4, 0.5) is 18.9 Å². The van der Waals surface area contributed by atoms with Crippen molar-refractivity contribution in [2.45, 2.75) is 19.1 Å². The summed E-state index contributed by atoms with van der Waals surface area (Å²) in [6.07, 6.45) is -3.34. The molecule has 0 saturated heterocycles. The molecule has 1 aromatic carbocycles. The van der Waals surface area contributed by atoms with Crippen molar-refractivity contribution in [3.05, 3.63) is 63.5 Å². The third kappa shape index (κ3) is 3.92. The summed E-state index contributed by atoms with van der Waals surface area (Å²) in [6.45, 7) is 1.39. The van der Waals surface area contributed by atoms with Crippen molar-refractivity contribution < 1.29 is 18.0 Å². The largest absolute Gasteiger partial charge is 0.418 e. The van der Waals surface area contributed by atoms with E-state index in [-0.39, 0.29) is 10.7 Å². The number of alkyl halides is 3. The van der Waals surface area contributed by atoms with Crippen molar-refractivity contribution in [3.63, 3.8) is 0 Å². The lowest BCUT2D eigenvalue weighted by molar-refractivity contribution is -0.137. The summed E-state index contributed by atoms with van der Waals surface area (Å²) < 4.78 is 39.8. The van der Waals surface area contributed by atoms with E-state index in [0.717, 1.165) is 16.7 Å². The molecule has 0 radical (unpaired) electrons. The van der Waals surface area contributed by atoms with Crippen LogP contribution in [0.5, 0.6) is 0 Å². The lowest BCUT2D eigenvalue weighted by atomic mass is 10.1. The molecule has 0 aliphatic heterocycles. The number of aromatic nitrogens is 1. The number of benzene rings is 1. The van der Waals surface area contributed by atoms with Crippen molar-refractivity contribution >= 4 is 23.2 Å². The Labute approximate surface area is 134 Å². The minimum Gasteiger partial charge on any atom is -0.324 e. The molecule has 0 aliphatic carbocycles. The van der Waals surface area contributed by atoms with E-state index in [1.54, 1.807) is 0 Å². The van der Waals surface area contributed by atoms with E-state index >= 15 is 0 Å². The van der Waals surface area contributed by atoms with Gasteiger partial charge in [0.15, 0.2) is 0 Å². The number of carbonyl (C=O) groups excluding carboxylic acids is 1. The molecule has 8 heteroatoms. The number of rotatable bonds is 3. The number of hydrogen-bond acceptors (Lipinski definition) is 2. The van der Waals surface area contributed by atoms with E-state index in [4.69, 9.17) is 11.6 Å². The molecule has 4 nitrogen and oxygen atoms in total. The number of pyridine rings is 1. The number of carbonyl (C=O) groups is 1. The molecular weight excluding hydrogens is 333 g/mol. The maximum Gasteiger partial charge on any atom is 0.418 e. The second-order valence-corrected chi connectivity index (χ2v) is 5.24. The van der Waals surface area contributed by atoms with E-state index in [9.17, 15) is 22.8 Å². The second-order valence-electron chi connectivity index (χ2n) is 4.80. The van der Waals surface area contributed by atoms with Crippen LogP contribution < -0.4 is 10.9 Å². The second kappa shape index (κ2) is 6.45. The molecule has 23 heavy (non-hydrogen) atoms. The fourth-order valence-electron chi connectivity index (χ4n) is 1.98. The molecule has 1 unspecified atom stereocenters. The Morgan fingerprint density at radius 1 is 1.22 bits per heavy atom. The predicted molar refractivity (Wildman–Crippen MR) is 80.5 cm³/mol. The van der Waals surface area contributed by atoms with Gasteiger partial charge in [0, 0.05) is 12.3 Å². The molecule has 1 aromatic heterocycles. The highest BCUT2D eigenvalue weighted by Gasteiger charge is 2.34. The van der Waals surface area contributed by atoms with Gasteiger partial charge in [0.25, 0.3) is 5.56 Å². The van der Waals surface area contributed by atoms with Crippen LogP contribution in [0, 0.1) is 0 Å². The average Bonchev–Trinajstić information content (AvgIpc) is 2.48. The maximum absolute atomic E-state index is 12.9. The van der Waals surface area contributed by atoms with Crippen LogP contribution in [-0.4, -0.2) is 10.5 Å². The van der Waals surface area contributed by atoms with Crippen molar-refractivity contribution in [2.75, 3.05) is 5.32 Å². The minimum atomic E-state index is -4.60. The highest BCUT2D eigenvalue weighted by molar-refractivity contribution is 6.30. The quantitative estimate of drug-likeness (QED) is 0.922. The van der Waals surface area contributed by atoms with Gasteiger partial charge in [-0.25, -0.2) is 0 Å². The van der Waals surface area contributed by atoms with E-state index in [1.165, 1.54) is 37.4 Å². The number of amides is 1. The molecule has 1 heterocycles. The highest BCUT2D eigenvalue weighted by Crippen LogP contribution is 2.34. The van der Waals surface area contributed by atoms with E-state index in [2.05, 4.69) is 5.32 Å². The first-order valence-electron chi connectivity index (χ1n) is 6.55. The molecule has 122 valence electrons. The summed E-state index contributed by atoms with van der Waals surface area (Å²) in [4.78, 5) is 23.9. The van der Waals surface area contributed by atoms with Gasteiger partial charge in [-0.05, 0) is 25.1 Å². The maximum atomic E-state index is 12.9. The van der Waals surface area contributed by atoms with Gasteiger partial charge in [0.1, 0.15) is 6.04 Å². The van der Waals surface area contributed by atoms with Crippen LogP contribution in [0.2, 0.25) is 5.02 Å². The third-order valence-electron chi connectivity index (χ3n) is 3.19. The predicted octanol–water partition coefficient (Wildman–Crippen LogP) is 3.72. The molecule has 0 bridgehead atoms. The molecule has 0 fully saturated rings. The number of anilines is 1. The van der Waals surface area contributed by atoms with Crippen LogP contribution in [0.15, 0.2) is 47.4 Å². The number of nitrogens with one attached hydrogen (secondary N) is 1. The Kier molecular flexibility index (Phi) is 4.79. The summed E-state index contributed by atoms with van der Waals surface area (Å²) in [6, 6.07) is 6.13. The Morgan fingerprint density at radius 2 is 1.87 bits per heavy atom. The van der Waals surface area contributed by atoms with E-state index in [0.29, 0.717) is 0 Å². The fraction of sp³-hybridized carbons (Fsp3) is 0.200. The molecule has 1 atom stereocenters. The Bertz CT molecular complexity index is 787. The van der Waals surface area contributed by atoms with Gasteiger partial charge in [0.05, 0.1) is 16.3 Å². The molecular formula is C15H12ClF3N2O2. The monoisotopic (exact) mass is 344 g/mol. The lowest BCUT2D eigenvalue weighted by Crippen LogP contribution is -2.31. The smallest absolute Gasteiger partial charge is 0.324 e. The van der Waals surface area contributed by atoms with Gasteiger partial charge >= 0.3 is 6.18 Å². The van der Waals surface area contributed by atoms with Gasteiger partial charge in [-0.2, -0.15) is 13.2 Å². The Morgan fingerprint density at radius 3 is 2.52 bits per heavy atom. The van der Waals surface area contributed by atoms with E-state index in [1.807, 2.05) is 0 Å². The first-order chi connectivity index (χ1) is 10.7. The molecule has 1 N–H and O–H groups in total. The van der Waals surface area contributed by atoms with Gasteiger partial charge in [-0.1, -0.05) is 23.7 Å². The molecule has 0 spiro atoms. The molecule has 0 aliphatic rings. The molecule has 1 amide bonds. The summed E-state index contributed by atoms with van der Waals surface area (Å²) in [5.41, 5.74) is -1.81. The molecule has 2 aromatic rings. The van der Waals surface area contributed by atoms with Crippen LogP contribution in [0.3, 0.4) is 0 Å². The zero-order chi connectivity index (χ0) is 17.2. The standard InChI is InChI=1S/C15H12ClF3N2O2/c1-9(21-8-10(16)6-7-13(21)22)14(23)20-12-5-3-2-4-11(12)15(17,18)19/h2-9H,1H3,(H,20,23). The first-order valence-corrected chi connectivity index (χ1v) is 6.92. The van der Waals surface area contributed by atoms with Gasteiger partial charge in [-0.3, -0.25) is 9.59 Å². The van der Waals surface area contributed by atoms with Crippen LogP contribution in [0.1, 0.15) is 18.5 Å². The number of hydrogen-bond donors (Lipinski definition) is 1. The van der Waals surface area contributed by atoms with Gasteiger partial charge in [-0.15, -0.1) is 0 Å². The third-order valence-corrected chi connectivity index (χ3v) is 3.41. The number of para-hydroxylation sites is 1. The lowest BCUT2D eigenvalue weighted by Gasteiger charge is -2.18. The van der Waals surface area contributed by atoms with Gasteiger partial charge < -0.3 is 9.88 Å². The molecule has 0 saturated carbocycles. The summed E-state index contributed by atoms with van der Waals surface area (Å²) >= 11 is 5.77. The SMILES string of the molecule is CC(C(=O)Nc1ccccc1C(F)(F)F)n1cc(Cl)ccc1=O. The van der Waals surface area contributed by atoms with Crippen molar-refractivity contribution in [3.8, 4) is 0 Å². The van der Waals surface area contributed by atoms with E-state index < -0.39 is 29.2 Å². The first kappa shape index (κ1) is 17.1. The Balaban J connectivity index is 2.30. The average molecular weight is 345 g/mol. The Hall–Kier alpha value is -2.28. The number of halogens is 4. The zero-order valence-corrected chi connectivity index (χ0v) is 12.7. The summed E-state index contributed by atoms with van der Waals surface area (Å²) in [7, 11) is 0. The minimum absolute atomic E-state index is 0.236. The van der Waals surface area contributed by atoms with Crippen LogP contribution >= 0.6 is 11.6 Å². The normalized spacial score (nSPS) is 12.7.